The lowest BCUT2D eigenvalue weighted by Gasteiger charge is -2.17. The minimum atomic E-state index is -0.289. The van der Waals surface area contributed by atoms with Crippen LogP contribution in [-0.4, -0.2) is 4.98 Å². The molecule has 1 aliphatic carbocycles. The number of fused-ring (bicyclic) bond motifs is 3. The normalized spacial score (nSPS) is 13.5. The van der Waals surface area contributed by atoms with Crippen molar-refractivity contribution in [2.45, 2.75) is 19.3 Å². The summed E-state index contributed by atoms with van der Waals surface area (Å²) in [6.07, 6.45) is 2.46. The van der Waals surface area contributed by atoms with Gasteiger partial charge in [-0.15, -0.1) is 0 Å². The quantitative estimate of drug-likeness (QED) is 0.553. The lowest BCUT2D eigenvalue weighted by molar-refractivity contribution is 0.590. The monoisotopic (exact) mass is 304 g/mol. The second-order valence-corrected chi connectivity index (χ2v) is 6.02. The van der Waals surface area contributed by atoms with Crippen LogP contribution in [0.25, 0.3) is 11.1 Å². The van der Waals surface area contributed by atoms with E-state index in [9.17, 15) is 4.39 Å². The molecule has 2 nitrogen and oxygen atoms in total. The Kier molecular flexibility index (Phi) is 3.15. The number of nitrogen functional groups attached to an aromatic ring is 1. The average molecular weight is 304 g/mol. The molecule has 2 N–H and O–H groups in total. The first-order chi connectivity index (χ1) is 11.2. The molecule has 0 spiro atoms. The molecular formula is C20H17FN2. The Morgan fingerprint density at radius 3 is 2.70 bits per heavy atom. The molecule has 1 aromatic heterocycles. The van der Waals surface area contributed by atoms with Gasteiger partial charge < -0.3 is 5.73 Å². The van der Waals surface area contributed by atoms with Gasteiger partial charge in [-0.05, 0) is 39.9 Å². The maximum absolute atomic E-state index is 14.0. The van der Waals surface area contributed by atoms with E-state index in [1.54, 1.807) is 12.3 Å². The zero-order valence-electron chi connectivity index (χ0n) is 12.9. The Labute approximate surface area is 134 Å². The number of benzene rings is 2. The second-order valence-electron chi connectivity index (χ2n) is 6.02. The number of nitrogens with zero attached hydrogens (tertiary/aromatic N) is 1. The van der Waals surface area contributed by atoms with E-state index in [0.717, 1.165) is 23.2 Å². The van der Waals surface area contributed by atoms with Gasteiger partial charge in [-0.25, -0.2) is 4.39 Å². The van der Waals surface area contributed by atoms with Gasteiger partial charge in [0.2, 0.25) is 0 Å². The summed E-state index contributed by atoms with van der Waals surface area (Å²) in [5, 5.41) is 0. The van der Waals surface area contributed by atoms with Crippen molar-refractivity contribution >= 4 is 5.69 Å². The van der Waals surface area contributed by atoms with Crippen molar-refractivity contribution in [2.75, 3.05) is 5.73 Å². The molecule has 3 heteroatoms. The first-order valence-electron chi connectivity index (χ1n) is 7.76. The van der Waals surface area contributed by atoms with Gasteiger partial charge in [0.15, 0.2) is 0 Å². The van der Waals surface area contributed by atoms with Gasteiger partial charge >= 0.3 is 0 Å². The summed E-state index contributed by atoms with van der Waals surface area (Å²) in [6.45, 7) is 1.95. The van der Waals surface area contributed by atoms with Crippen molar-refractivity contribution in [1.29, 1.82) is 0 Å². The zero-order valence-corrected chi connectivity index (χ0v) is 12.9. The highest BCUT2D eigenvalue weighted by Crippen LogP contribution is 2.42. The van der Waals surface area contributed by atoms with Crippen molar-refractivity contribution in [1.82, 2.24) is 4.98 Å². The summed E-state index contributed by atoms with van der Waals surface area (Å²) >= 11 is 0. The molecule has 0 radical (unpaired) electrons. The minimum absolute atomic E-state index is 0.176. The van der Waals surface area contributed by atoms with Crippen LogP contribution in [0, 0.1) is 5.82 Å². The van der Waals surface area contributed by atoms with Gasteiger partial charge in [-0.3, -0.25) is 4.98 Å². The van der Waals surface area contributed by atoms with Crippen molar-refractivity contribution in [2.24, 2.45) is 0 Å². The third-order valence-corrected chi connectivity index (χ3v) is 4.73. The van der Waals surface area contributed by atoms with Crippen molar-refractivity contribution < 1.29 is 4.39 Å². The van der Waals surface area contributed by atoms with Crippen LogP contribution in [-0.2, 0) is 6.42 Å². The van der Waals surface area contributed by atoms with Crippen LogP contribution in [0.5, 0.6) is 0 Å². The second kappa shape index (κ2) is 5.20. The van der Waals surface area contributed by atoms with Crippen LogP contribution in [0.1, 0.15) is 35.2 Å². The van der Waals surface area contributed by atoms with Gasteiger partial charge in [-0.1, -0.05) is 43.3 Å². The van der Waals surface area contributed by atoms with Crippen LogP contribution < -0.4 is 5.73 Å². The number of hydrogen-bond donors (Lipinski definition) is 1. The minimum Gasteiger partial charge on any atom is -0.398 e. The molecule has 0 aliphatic heterocycles. The number of aromatic nitrogens is 1. The molecule has 0 saturated heterocycles. The van der Waals surface area contributed by atoms with Crippen LogP contribution >= 0.6 is 0 Å². The Balaban J connectivity index is 1.82. The summed E-state index contributed by atoms with van der Waals surface area (Å²) in [7, 11) is 0. The highest BCUT2D eigenvalue weighted by molar-refractivity contribution is 5.82. The van der Waals surface area contributed by atoms with E-state index in [0.29, 0.717) is 5.69 Å². The maximum atomic E-state index is 14.0. The molecule has 1 atom stereocenters. The number of hydrogen-bond acceptors (Lipinski definition) is 2. The fraction of sp³-hybridized carbons (Fsp3) is 0.150. The SMILES string of the molecule is CC(c1ccc2c(c1N)Cc1ccccc1-2)c1ncccc1F. The predicted molar refractivity (Wildman–Crippen MR) is 90.8 cm³/mol. The predicted octanol–water partition coefficient (Wildman–Crippen LogP) is 4.53. The molecule has 2 aromatic carbocycles. The summed E-state index contributed by atoms with van der Waals surface area (Å²) in [6, 6.07) is 15.5. The molecule has 3 aromatic rings. The van der Waals surface area contributed by atoms with Crippen LogP contribution in [0.3, 0.4) is 0 Å². The van der Waals surface area contributed by atoms with E-state index in [1.807, 2.05) is 25.1 Å². The first-order valence-corrected chi connectivity index (χ1v) is 7.76. The average Bonchev–Trinajstić information content (AvgIpc) is 2.95. The highest BCUT2D eigenvalue weighted by atomic mass is 19.1. The summed E-state index contributed by atoms with van der Waals surface area (Å²) in [5.74, 6) is -0.464. The lowest BCUT2D eigenvalue weighted by Crippen LogP contribution is -2.07. The van der Waals surface area contributed by atoms with Gasteiger partial charge in [0.25, 0.3) is 0 Å². The first kappa shape index (κ1) is 13.9. The van der Waals surface area contributed by atoms with E-state index in [-0.39, 0.29) is 11.7 Å². The zero-order chi connectivity index (χ0) is 16.0. The number of halogens is 1. The Morgan fingerprint density at radius 2 is 1.87 bits per heavy atom. The summed E-state index contributed by atoms with van der Waals surface area (Å²) < 4.78 is 14.0. The molecule has 1 aliphatic rings. The largest absolute Gasteiger partial charge is 0.398 e. The van der Waals surface area contributed by atoms with E-state index < -0.39 is 0 Å². The smallest absolute Gasteiger partial charge is 0.145 e. The molecule has 0 saturated carbocycles. The standard InChI is InChI=1S/C20H17FN2/c1-12(20-18(21)7-4-10-23-20)14-8-9-16-15-6-3-2-5-13(15)11-17(16)19(14)22/h2-10,12H,11,22H2,1H3. The summed E-state index contributed by atoms with van der Waals surface area (Å²) in [4.78, 5) is 4.20. The molecule has 1 unspecified atom stereocenters. The van der Waals surface area contributed by atoms with E-state index >= 15 is 0 Å². The Morgan fingerprint density at radius 1 is 1.04 bits per heavy atom. The number of anilines is 1. The van der Waals surface area contributed by atoms with Crippen LogP contribution in [0.4, 0.5) is 10.1 Å². The number of rotatable bonds is 2. The van der Waals surface area contributed by atoms with Crippen LogP contribution in [0.2, 0.25) is 0 Å². The Bertz CT molecular complexity index is 902. The topological polar surface area (TPSA) is 38.9 Å². The summed E-state index contributed by atoms with van der Waals surface area (Å²) in [5.41, 5.74) is 13.5. The van der Waals surface area contributed by atoms with Gasteiger partial charge in [0.05, 0.1) is 5.69 Å². The van der Waals surface area contributed by atoms with Crippen molar-refractivity contribution in [3.8, 4) is 11.1 Å². The molecular weight excluding hydrogens is 287 g/mol. The van der Waals surface area contributed by atoms with Gasteiger partial charge in [0.1, 0.15) is 5.82 Å². The fourth-order valence-electron chi connectivity index (χ4n) is 3.49. The molecule has 0 fully saturated rings. The van der Waals surface area contributed by atoms with Crippen molar-refractivity contribution in [3.63, 3.8) is 0 Å². The maximum Gasteiger partial charge on any atom is 0.145 e. The molecule has 1 heterocycles. The number of nitrogens with two attached hydrogens (primary N) is 1. The number of pyridine rings is 1. The third kappa shape index (κ3) is 2.12. The molecule has 23 heavy (non-hydrogen) atoms. The lowest BCUT2D eigenvalue weighted by atomic mass is 9.91. The van der Waals surface area contributed by atoms with Crippen molar-refractivity contribution in [3.05, 3.63) is 82.9 Å². The fourth-order valence-corrected chi connectivity index (χ4v) is 3.49. The molecule has 0 amide bonds. The van der Waals surface area contributed by atoms with E-state index in [4.69, 9.17) is 5.73 Å². The molecule has 114 valence electrons. The molecule has 4 rings (SSSR count). The van der Waals surface area contributed by atoms with E-state index in [1.165, 1.54) is 22.8 Å². The van der Waals surface area contributed by atoms with E-state index in [2.05, 4.69) is 23.2 Å². The van der Waals surface area contributed by atoms with Gasteiger partial charge in [0, 0.05) is 24.2 Å². The van der Waals surface area contributed by atoms with Crippen LogP contribution in [0.15, 0.2) is 54.7 Å². The Hall–Kier alpha value is -2.68. The highest BCUT2D eigenvalue weighted by Gasteiger charge is 2.24. The van der Waals surface area contributed by atoms with Gasteiger partial charge in [-0.2, -0.15) is 0 Å². The third-order valence-electron chi connectivity index (χ3n) is 4.73. The molecule has 0 bridgehead atoms.